The fourth-order valence-electron chi connectivity index (χ4n) is 5.16. The van der Waals surface area contributed by atoms with Crippen LogP contribution in [-0.4, -0.2) is 41.7 Å². The molecule has 0 aliphatic heterocycles. The first-order valence-electron chi connectivity index (χ1n) is 12.6. The predicted octanol–water partition coefficient (Wildman–Crippen LogP) is 5.07. The van der Waals surface area contributed by atoms with Gasteiger partial charge in [0.25, 0.3) is 5.56 Å². The van der Waals surface area contributed by atoms with Crippen molar-refractivity contribution in [3.05, 3.63) is 52.7 Å². The first kappa shape index (κ1) is 25.7. The molecular weight excluding hydrogens is 456 g/mol. The van der Waals surface area contributed by atoms with Crippen LogP contribution in [0.1, 0.15) is 51.0 Å². The molecule has 0 saturated heterocycles. The Labute approximate surface area is 213 Å². The average molecular weight is 495 g/mol. The van der Waals surface area contributed by atoms with E-state index < -0.39 is 0 Å². The van der Waals surface area contributed by atoms with E-state index in [-0.39, 0.29) is 11.6 Å². The highest BCUT2D eigenvalue weighted by Gasteiger charge is 2.26. The molecule has 194 valence electrons. The summed E-state index contributed by atoms with van der Waals surface area (Å²) in [5.74, 6) is 2.87. The molecule has 8 heteroatoms. The monoisotopic (exact) mass is 494 g/mol. The molecule has 0 radical (unpaired) electrons. The van der Waals surface area contributed by atoms with Crippen molar-refractivity contribution in [3.8, 4) is 28.4 Å². The van der Waals surface area contributed by atoms with Crippen molar-refractivity contribution in [2.45, 2.75) is 58.0 Å². The maximum absolute atomic E-state index is 13.5. The number of anilines is 1. The lowest BCUT2D eigenvalue weighted by molar-refractivity contribution is 0.352. The number of hydrogen-bond acceptors (Lipinski definition) is 6. The average Bonchev–Trinajstić information content (AvgIpc) is 3.32. The van der Waals surface area contributed by atoms with Crippen molar-refractivity contribution in [2.75, 3.05) is 26.6 Å². The lowest BCUT2D eigenvalue weighted by Crippen LogP contribution is -2.32. The van der Waals surface area contributed by atoms with Crippen LogP contribution in [0.25, 0.3) is 11.1 Å². The van der Waals surface area contributed by atoms with Crippen LogP contribution in [0.15, 0.2) is 41.6 Å². The summed E-state index contributed by atoms with van der Waals surface area (Å²) in [5, 5.41) is 7.91. The van der Waals surface area contributed by atoms with E-state index in [1.54, 1.807) is 36.8 Å². The molecular formula is C28H38N4O4. The van der Waals surface area contributed by atoms with Gasteiger partial charge in [-0.3, -0.25) is 9.48 Å². The van der Waals surface area contributed by atoms with Crippen molar-refractivity contribution in [1.82, 2.24) is 14.3 Å². The first-order valence-corrected chi connectivity index (χ1v) is 12.6. The van der Waals surface area contributed by atoms with Crippen LogP contribution in [0.4, 0.5) is 5.69 Å². The third-order valence-corrected chi connectivity index (χ3v) is 6.97. The van der Waals surface area contributed by atoms with Gasteiger partial charge in [-0.2, -0.15) is 5.10 Å². The van der Waals surface area contributed by atoms with Gasteiger partial charge in [0, 0.05) is 43.2 Å². The lowest BCUT2D eigenvalue weighted by Gasteiger charge is -2.31. The molecule has 1 fully saturated rings. The Balaban J connectivity index is 1.58. The highest BCUT2D eigenvalue weighted by molar-refractivity contribution is 5.76. The van der Waals surface area contributed by atoms with Crippen molar-refractivity contribution >= 4 is 5.69 Å². The van der Waals surface area contributed by atoms with E-state index in [4.69, 9.17) is 14.2 Å². The van der Waals surface area contributed by atoms with Gasteiger partial charge < -0.3 is 24.1 Å². The largest absolute Gasteiger partial charge is 0.494 e. The third kappa shape index (κ3) is 5.37. The van der Waals surface area contributed by atoms with Crippen LogP contribution in [-0.2, 0) is 13.6 Å². The third-order valence-electron chi connectivity index (χ3n) is 6.97. The number of ether oxygens (including phenoxy) is 3. The molecule has 0 bridgehead atoms. The second-order valence-electron chi connectivity index (χ2n) is 10.0. The quantitative estimate of drug-likeness (QED) is 0.448. The highest BCUT2D eigenvalue weighted by atomic mass is 16.5. The lowest BCUT2D eigenvalue weighted by atomic mass is 9.81. The van der Waals surface area contributed by atoms with Crippen LogP contribution in [0.2, 0.25) is 0 Å². The molecule has 2 aromatic heterocycles. The number of pyridine rings is 1. The Hall–Kier alpha value is -3.42. The maximum atomic E-state index is 13.5. The van der Waals surface area contributed by atoms with Crippen LogP contribution in [0.3, 0.4) is 0 Å². The molecule has 8 nitrogen and oxygen atoms in total. The standard InChI is InChI=1S/C28H38N4O4/c1-18(2)15-32-17-23(21-14-29-31(3)16-21)27(36-6)26(28(32)33)30-22-10-7-19(8-11-22)20-9-12-24(34-4)25(13-20)35-5/h9,12-14,16-19,22,30H,7-8,10-11,15H2,1-6H3/t19-,22-. The highest BCUT2D eigenvalue weighted by Crippen LogP contribution is 2.39. The molecule has 1 aliphatic carbocycles. The van der Waals surface area contributed by atoms with E-state index in [2.05, 4.69) is 36.4 Å². The number of hydrogen-bond donors (Lipinski definition) is 1. The van der Waals surface area contributed by atoms with Gasteiger partial charge in [-0.15, -0.1) is 0 Å². The van der Waals surface area contributed by atoms with Crippen LogP contribution in [0.5, 0.6) is 17.2 Å². The summed E-state index contributed by atoms with van der Waals surface area (Å²) < 4.78 is 20.3. The van der Waals surface area contributed by atoms with Crippen LogP contribution < -0.4 is 25.1 Å². The summed E-state index contributed by atoms with van der Waals surface area (Å²) in [6.45, 7) is 4.86. The molecule has 36 heavy (non-hydrogen) atoms. The van der Waals surface area contributed by atoms with E-state index in [0.717, 1.165) is 48.3 Å². The Morgan fingerprint density at radius 3 is 2.33 bits per heavy atom. The summed E-state index contributed by atoms with van der Waals surface area (Å²) in [5.41, 5.74) is 3.55. The number of methoxy groups -OCH3 is 3. The van der Waals surface area contributed by atoms with E-state index in [1.807, 2.05) is 25.5 Å². The van der Waals surface area contributed by atoms with E-state index in [9.17, 15) is 4.79 Å². The summed E-state index contributed by atoms with van der Waals surface area (Å²) in [4.78, 5) is 13.5. The fraction of sp³-hybridized carbons (Fsp3) is 0.500. The number of rotatable bonds is 9. The number of aryl methyl sites for hydroxylation is 1. The van der Waals surface area contributed by atoms with Crippen molar-refractivity contribution in [2.24, 2.45) is 13.0 Å². The topological polar surface area (TPSA) is 79.5 Å². The molecule has 0 spiro atoms. The van der Waals surface area contributed by atoms with E-state index in [0.29, 0.717) is 29.8 Å². The molecule has 0 atom stereocenters. The minimum atomic E-state index is -0.0461. The molecule has 1 aliphatic rings. The molecule has 4 rings (SSSR count). The smallest absolute Gasteiger partial charge is 0.277 e. The number of nitrogens with zero attached hydrogens (tertiary/aromatic N) is 3. The molecule has 0 amide bonds. The number of aromatic nitrogens is 3. The second kappa shape index (κ2) is 11.1. The van der Waals surface area contributed by atoms with Crippen LogP contribution >= 0.6 is 0 Å². The van der Waals surface area contributed by atoms with Crippen molar-refractivity contribution in [3.63, 3.8) is 0 Å². The molecule has 1 saturated carbocycles. The SMILES string of the molecule is COc1ccc([C@H]2CC[C@H](Nc3c(OC)c(-c4cnn(C)c4)cn(CC(C)C)c3=O)CC2)cc1OC. The fourth-order valence-corrected chi connectivity index (χ4v) is 5.16. The molecule has 1 aromatic carbocycles. The van der Waals surface area contributed by atoms with Gasteiger partial charge >= 0.3 is 0 Å². The summed E-state index contributed by atoms with van der Waals surface area (Å²) in [6, 6.07) is 6.39. The first-order chi connectivity index (χ1) is 17.3. The minimum absolute atomic E-state index is 0.0461. The molecule has 3 aromatic rings. The number of nitrogens with one attached hydrogen (secondary N) is 1. The molecule has 0 unspecified atom stereocenters. The minimum Gasteiger partial charge on any atom is -0.494 e. The summed E-state index contributed by atoms with van der Waals surface area (Å²) in [6.07, 6.45) is 9.62. The van der Waals surface area contributed by atoms with Crippen molar-refractivity contribution in [1.29, 1.82) is 0 Å². The maximum Gasteiger partial charge on any atom is 0.277 e. The Kier molecular flexibility index (Phi) is 7.91. The predicted molar refractivity (Wildman–Crippen MR) is 142 cm³/mol. The van der Waals surface area contributed by atoms with Gasteiger partial charge in [0.15, 0.2) is 17.2 Å². The van der Waals surface area contributed by atoms with Crippen LogP contribution in [0, 0.1) is 5.92 Å². The van der Waals surface area contributed by atoms with Gasteiger partial charge in [0.1, 0.15) is 5.69 Å². The van der Waals surface area contributed by atoms with E-state index >= 15 is 0 Å². The Morgan fingerprint density at radius 2 is 1.75 bits per heavy atom. The van der Waals surface area contributed by atoms with Gasteiger partial charge in [0.05, 0.1) is 27.5 Å². The van der Waals surface area contributed by atoms with E-state index in [1.165, 1.54) is 5.56 Å². The van der Waals surface area contributed by atoms with Gasteiger partial charge in [-0.1, -0.05) is 19.9 Å². The summed E-state index contributed by atoms with van der Waals surface area (Å²) in [7, 11) is 6.83. The zero-order valence-corrected chi connectivity index (χ0v) is 22.2. The molecule has 2 heterocycles. The zero-order chi connectivity index (χ0) is 25.8. The zero-order valence-electron chi connectivity index (χ0n) is 22.2. The number of benzene rings is 1. The molecule has 1 N–H and O–H groups in total. The Morgan fingerprint density at radius 1 is 1.03 bits per heavy atom. The normalized spacial score (nSPS) is 17.8. The summed E-state index contributed by atoms with van der Waals surface area (Å²) >= 11 is 0. The van der Waals surface area contributed by atoms with Crippen molar-refractivity contribution < 1.29 is 14.2 Å². The van der Waals surface area contributed by atoms with Gasteiger partial charge in [-0.25, -0.2) is 0 Å². The van der Waals surface area contributed by atoms with Gasteiger partial charge in [0.2, 0.25) is 0 Å². The Bertz CT molecular complexity index is 1240. The van der Waals surface area contributed by atoms with Gasteiger partial charge in [-0.05, 0) is 55.2 Å². The second-order valence-corrected chi connectivity index (χ2v) is 10.0.